The molecule has 36 heavy (non-hydrogen) atoms. The van der Waals surface area contributed by atoms with Crippen LogP contribution in [-0.4, -0.2) is 0 Å². The zero-order chi connectivity index (χ0) is 25.7. The molecule has 0 bridgehead atoms. The second-order valence-electron chi connectivity index (χ2n) is 8.13. The summed E-state index contributed by atoms with van der Waals surface area (Å²) in [5.41, 5.74) is 2.43. The molecule has 0 saturated heterocycles. The maximum atomic E-state index is 14.7. The van der Waals surface area contributed by atoms with E-state index in [0.717, 1.165) is 12.1 Å². The fourth-order valence-electron chi connectivity index (χ4n) is 5.14. The molecule has 0 aliphatic heterocycles. The molecule has 2 aliphatic carbocycles. The van der Waals surface area contributed by atoms with Crippen LogP contribution < -0.4 is 10.4 Å². The molecule has 0 amide bonds. The molecular weight excluding hydrogens is 458 g/mol. The lowest BCUT2D eigenvalue weighted by Crippen LogP contribution is -2.25. The highest BCUT2D eigenvalue weighted by Gasteiger charge is 2.33. The van der Waals surface area contributed by atoms with Gasteiger partial charge in [-0.25, -0.2) is 33.8 Å². The first-order valence-electron chi connectivity index (χ1n) is 10.4. The predicted molar refractivity (Wildman–Crippen MR) is 124 cm³/mol. The van der Waals surface area contributed by atoms with Crippen molar-refractivity contribution in [1.29, 1.82) is 15.8 Å². The fraction of sp³-hybridized carbons (Fsp3) is 0.0714. The molecule has 8 heteroatoms. The van der Waals surface area contributed by atoms with E-state index in [0.29, 0.717) is 49.7 Å². The van der Waals surface area contributed by atoms with Gasteiger partial charge in [-0.2, -0.15) is 5.26 Å². The fourth-order valence-corrected chi connectivity index (χ4v) is 5.14. The molecule has 0 aromatic heterocycles. The van der Waals surface area contributed by atoms with Crippen molar-refractivity contribution in [3.63, 3.8) is 0 Å². The summed E-state index contributed by atoms with van der Waals surface area (Å²) in [5, 5.41) is 29.4. The Morgan fingerprint density at radius 3 is 1.78 bits per heavy atom. The van der Waals surface area contributed by atoms with Crippen molar-refractivity contribution in [2.24, 2.45) is 0 Å². The van der Waals surface area contributed by atoms with E-state index in [1.807, 2.05) is 12.1 Å². The number of hydrogen-bond acceptors (Lipinski definition) is 3. The summed E-state index contributed by atoms with van der Waals surface area (Å²) < 4.78 is 29.5. The van der Waals surface area contributed by atoms with Gasteiger partial charge in [-0.3, -0.25) is 0 Å². The van der Waals surface area contributed by atoms with E-state index in [-0.39, 0.29) is 40.7 Å². The number of halogens is 2. The van der Waals surface area contributed by atoms with Crippen LogP contribution in [0.1, 0.15) is 27.8 Å². The van der Waals surface area contributed by atoms with Crippen LogP contribution in [0, 0.1) is 65.3 Å². The second kappa shape index (κ2) is 7.90. The van der Waals surface area contributed by atoms with Crippen LogP contribution in [0.3, 0.4) is 0 Å². The number of hydrogen-bond donors (Lipinski definition) is 0. The van der Waals surface area contributed by atoms with E-state index in [1.165, 1.54) is 12.1 Å². The molecule has 0 spiro atoms. The Balaban J connectivity index is 2.12. The predicted octanol–water partition coefficient (Wildman–Crippen LogP) is 4.63. The Bertz CT molecular complexity index is 1840. The number of benzene rings is 3. The monoisotopic (exact) mass is 466 g/mol. The van der Waals surface area contributed by atoms with Crippen LogP contribution in [-0.2, 0) is 12.8 Å². The maximum absolute atomic E-state index is 14.7. The van der Waals surface area contributed by atoms with E-state index >= 15 is 0 Å². The van der Waals surface area contributed by atoms with Gasteiger partial charge in [0.2, 0.25) is 5.69 Å². The number of nitrogens with zero attached hydrogens (tertiary/aromatic N) is 6. The molecule has 2 aliphatic rings. The van der Waals surface area contributed by atoms with Gasteiger partial charge in [-0.1, -0.05) is 0 Å². The average Bonchev–Trinajstić information content (AvgIpc) is 3.42. The maximum Gasteiger partial charge on any atom is 0.270 e. The van der Waals surface area contributed by atoms with Gasteiger partial charge in [0, 0.05) is 5.22 Å². The minimum atomic E-state index is -0.791. The Morgan fingerprint density at radius 2 is 1.28 bits per heavy atom. The van der Waals surface area contributed by atoms with E-state index < -0.39 is 11.6 Å². The Hall–Kier alpha value is -5.80. The van der Waals surface area contributed by atoms with E-state index in [9.17, 15) is 24.6 Å². The Kier molecular flexibility index (Phi) is 4.83. The molecular formula is C28H8F2N6. The minimum absolute atomic E-state index is 0.144. The molecule has 3 aromatic rings. The molecule has 3 aromatic carbocycles. The molecule has 0 fully saturated rings. The zero-order valence-corrected chi connectivity index (χ0v) is 18.2. The largest absolute Gasteiger partial charge is 0.270 e. The summed E-state index contributed by atoms with van der Waals surface area (Å²) >= 11 is 0. The number of nitriles is 3. The molecule has 0 heterocycles. The first kappa shape index (κ1) is 22.0. The highest BCUT2D eigenvalue weighted by Crippen LogP contribution is 2.42. The van der Waals surface area contributed by atoms with Gasteiger partial charge in [-0.05, 0) is 86.8 Å². The van der Waals surface area contributed by atoms with Gasteiger partial charge < -0.3 is 0 Å². The lowest BCUT2D eigenvalue weighted by atomic mass is 9.90. The van der Waals surface area contributed by atoms with Crippen molar-refractivity contribution < 1.29 is 8.78 Å². The third kappa shape index (κ3) is 2.81. The van der Waals surface area contributed by atoms with E-state index in [4.69, 9.17) is 19.7 Å². The summed E-state index contributed by atoms with van der Waals surface area (Å²) in [6.45, 7) is 22.5. The van der Waals surface area contributed by atoms with Crippen molar-refractivity contribution in [3.05, 3.63) is 108 Å². The first-order valence-corrected chi connectivity index (χ1v) is 10.4. The topological polar surface area (TPSA) is 84.4 Å². The molecule has 6 nitrogen and oxygen atoms in total. The van der Waals surface area contributed by atoms with Gasteiger partial charge in [0.25, 0.3) is 11.4 Å². The third-order valence-corrected chi connectivity index (χ3v) is 6.50. The summed E-state index contributed by atoms with van der Waals surface area (Å²) in [6, 6.07) is 10.7. The van der Waals surface area contributed by atoms with Crippen molar-refractivity contribution in [3.8, 4) is 40.5 Å². The van der Waals surface area contributed by atoms with Crippen molar-refractivity contribution in [1.82, 2.24) is 0 Å². The molecule has 164 valence electrons. The van der Waals surface area contributed by atoms with Crippen molar-refractivity contribution in [2.45, 2.75) is 12.8 Å². The molecule has 0 radical (unpaired) electrons. The number of rotatable bonds is 0. The zero-order valence-electron chi connectivity index (χ0n) is 18.2. The van der Waals surface area contributed by atoms with Gasteiger partial charge in [-0.15, -0.1) is 0 Å². The molecule has 5 rings (SSSR count). The van der Waals surface area contributed by atoms with E-state index in [2.05, 4.69) is 14.5 Å². The first-order chi connectivity index (χ1) is 17.4. The average molecular weight is 466 g/mol. The molecule has 0 unspecified atom stereocenters. The summed E-state index contributed by atoms with van der Waals surface area (Å²) in [6.07, 6.45) is 0.291. The van der Waals surface area contributed by atoms with Gasteiger partial charge >= 0.3 is 0 Å². The molecule has 0 atom stereocenters. The highest BCUT2D eigenvalue weighted by atomic mass is 19.1. The van der Waals surface area contributed by atoms with Crippen molar-refractivity contribution >= 4 is 17.1 Å². The van der Waals surface area contributed by atoms with Crippen LogP contribution in [0.4, 0.5) is 14.5 Å². The lowest BCUT2D eigenvalue weighted by Gasteiger charge is -2.13. The van der Waals surface area contributed by atoms with E-state index in [1.54, 1.807) is 6.07 Å². The Labute approximate surface area is 203 Å². The smallest absolute Gasteiger partial charge is 0.235 e. The van der Waals surface area contributed by atoms with Gasteiger partial charge in [0.1, 0.15) is 17.7 Å². The van der Waals surface area contributed by atoms with Crippen LogP contribution in [0.25, 0.3) is 48.2 Å². The van der Waals surface area contributed by atoms with Crippen molar-refractivity contribution in [2.75, 3.05) is 0 Å². The van der Waals surface area contributed by atoms with Crippen LogP contribution in [0.5, 0.6) is 0 Å². The molecule has 0 saturated carbocycles. The second-order valence-corrected chi connectivity index (χ2v) is 8.13. The van der Waals surface area contributed by atoms with Crippen LogP contribution >= 0.6 is 0 Å². The minimum Gasteiger partial charge on any atom is -0.235 e. The van der Waals surface area contributed by atoms with Gasteiger partial charge in [0.15, 0.2) is 0 Å². The quantitative estimate of drug-likeness (QED) is 0.312. The summed E-state index contributed by atoms with van der Waals surface area (Å²) in [5.74, 6) is -1.58. The van der Waals surface area contributed by atoms with Crippen LogP contribution in [0.15, 0.2) is 24.3 Å². The summed E-state index contributed by atoms with van der Waals surface area (Å²) in [4.78, 5) is 9.99. The highest BCUT2D eigenvalue weighted by molar-refractivity contribution is 5.93. The van der Waals surface area contributed by atoms with Gasteiger partial charge in [0.05, 0.1) is 37.4 Å². The van der Waals surface area contributed by atoms with Crippen LogP contribution in [0.2, 0.25) is 0 Å². The Morgan fingerprint density at radius 1 is 0.750 bits per heavy atom. The number of fused-ring (bicyclic) bond motifs is 6. The lowest BCUT2D eigenvalue weighted by molar-refractivity contribution is 0.624. The normalized spacial score (nSPS) is 13.2. The summed E-state index contributed by atoms with van der Waals surface area (Å²) in [7, 11) is 0. The SMILES string of the molecule is [C-]#[N+]/C(C#N)=c1/c2c(/c(=C(\C#N)[N+]#[C-])c3c1Cc1cc([N+]#[C-])c(F)cc1-3)-c1cc(F)c(C#N)cc1C2. The standard InChI is InChI=1S/C28H8F2N6/c1-34-22-7-14-6-19-25(23(11-32)35-2)18-5-13-4-15(10-31)20(29)8-16(13)26(18)28(24(12-33)36-3)27(19)17(14)9-21(22)30/h4,7-9H,5-6H2/b25-23-,28-24-. The third-order valence-electron chi connectivity index (χ3n) is 6.50. The molecule has 0 N–H and O–H groups in total.